The van der Waals surface area contributed by atoms with Gasteiger partial charge in [-0.1, -0.05) is 20.3 Å². The first kappa shape index (κ1) is 24.3. The van der Waals surface area contributed by atoms with Crippen LogP contribution in [0.25, 0.3) is 10.9 Å². The highest BCUT2D eigenvalue weighted by Crippen LogP contribution is 2.35. The number of aryl methyl sites for hydroxylation is 2. The van der Waals surface area contributed by atoms with E-state index in [1.165, 1.54) is 0 Å². The van der Waals surface area contributed by atoms with E-state index in [0.717, 1.165) is 13.0 Å². The van der Waals surface area contributed by atoms with Gasteiger partial charge in [-0.3, -0.25) is 14.4 Å². The Morgan fingerprint density at radius 2 is 1.97 bits per heavy atom. The van der Waals surface area contributed by atoms with Crippen LogP contribution in [-0.4, -0.2) is 45.3 Å². The van der Waals surface area contributed by atoms with Crippen molar-refractivity contribution in [2.24, 2.45) is 5.92 Å². The molecule has 0 fully saturated rings. The van der Waals surface area contributed by atoms with E-state index in [2.05, 4.69) is 15.6 Å². The standard InChI is InChI=1S/C25H31N5O5/c1-4-16(3)22(25(33)27-7-6-9-29-10-8-26-14-29)28-24(32)18-13-30(5-2)19-12-21-20(34-15-35-21)11-17(19)23(18)31/h8,10-14,16,22H,4-7,9,15H2,1-3H3,(H,27,33)(H,28,32)/t16?,22-/m1/s1. The summed E-state index contributed by atoms with van der Waals surface area (Å²) in [7, 11) is 0. The lowest BCUT2D eigenvalue weighted by Gasteiger charge is -2.24. The van der Waals surface area contributed by atoms with Crippen LogP contribution in [0.2, 0.25) is 0 Å². The van der Waals surface area contributed by atoms with E-state index in [1.54, 1.807) is 30.9 Å². The Morgan fingerprint density at radius 3 is 2.66 bits per heavy atom. The van der Waals surface area contributed by atoms with Crippen molar-refractivity contribution in [3.05, 3.63) is 52.8 Å². The van der Waals surface area contributed by atoms with Gasteiger partial charge in [0.15, 0.2) is 11.5 Å². The molecule has 0 saturated heterocycles. The monoisotopic (exact) mass is 481 g/mol. The Kier molecular flexibility index (Phi) is 7.38. The lowest BCUT2D eigenvalue weighted by Crippen LogP contribution is -2.51. The molecule has 0 spiro atoms. The van der Waals surface area contributed by atoms with Gasteiger partial charge in [-0.25, -0.2) is 4.98 Å². The molecule has 3 heterocycles. The maximum absolute atomic E-state index is 13.3. The fraction of sp³-hybridized carbons (Fsp3) is 0.440. The molecule has 0 bridgehead atoms. The first-order chi connectivity index (χ1) is 16.9. The number of carbonyl (C=O) groups excluding carboxylic acids is 2. The smallest absolute Gasteiger partial charge is 0.257 e. The SMILES string of the molecule is CCC(C)[C@@H](NC(=O)c1cn(CC)c2cc3c(cc2c1=O)OCO3)C(=O)NCCCn1ccnc1. The Morgan fingerprint density at radius 1 is 1.20 bits per heavy atom. The molecule has 1 aliphatic heterocycles. The van der Waals surface area contributed by atoms with E-state index < -0.39 is 17.4 Å². The molecule has 0 saturated carbocycles. The van der Waals surface area contributed by atoms with Crippen LogP contribution in [0.3, 0.4) is 0 Å². The van der Waals surface area contributed by atoms with Crippen LogP contribution < -0.4 is 25.5 Å². The molecule has 2 amide bonds. The highest BCUT2D eigenvalue weighted by molar-refractivity contribution is 6.00. The summed E-state index contributed by atoms with van der Waals surface area (Å²) in [6.45, 7) is 7.62. The van der Waals surface area contributed by atoms with Crippen LogP contribution in [0.5, 0.6) is 11.5 Å². The first-order valence-corrected chi connectivity index (χ1v) is 11.9. The highest BCUT2D eigenvalue weighted by atomic mass is 16.7. The van der Waals surface area contributed by atoms with E-state index in [0.29, 0.717) is 41.9 Å². The van der Waals surface area contributed by atoms with Gasteiger partial charge >= 0.3 is 0 Å². The number of carbonyl (C=O) groups is 2. The largest absolute Gasteiger partial charge is 0.454 e. The summed E-state index contributed by atoms with van der Waals surface area (Å²) < 4.78 is 14.6. The van der Waals surface area contributed by atoms with Crippen LogP contribution in [0, 0.1) is 5.92 Å². The van der Waals surface area contributed by atoms with Gasteiger partial charge in [-0.15, -0.1) is 0 Å². The molecule has 3 aromatic rings. The molecule has 1 aliphatic rings. The molecule has 4 rings (SSSR count). The minimum absolute atomic E-state index is 0.0144. The number of hydrogen-bond acceptors (Lipinski definition) is 6. The van der Waals surface area contributed by atoms with Gasteiger partial charge in [0.05, 0.1) is 17.2 Å². The van der Waals surface area contributed by atoms with Crippen molar-refractivity contribution in [1.29, 1.82) is 0 Å². The summed E-state index contributed by atoms with van der Waals surface area (Å²) in [4.78, 5) is 43.5. The lowest BCUT2D eigenvalue weighted by molar-refractivity contribution is -0.124. The predicted molar refractivity (Wildman–Crippen MR) is 131 cm³/mol. The predicted octanol–water partition coefficient (Wildman–Crippen LogP) is 2.30. The fourth-order valence-electron chi connectivity index (χ4n) is 4.13. The van der Waals surface area contributed by atoms with Gasteiger partial charge in [-0.05, 0) is 25.3 Å². The van der Waals surface area contributed by atoms with Crippen molar-refractivity contribution in [1.82, 2.24) is 24.8 Å². The molecule has 2 N–H and O–H groups in total. The summed E-state index contributed by atoms with van der Waals surface area (Å²) in [5.41, 5.74) is 0.232. The quantitative estimate of drug-likeness (QED) is 0.429. The van der Waals surface area contributed by atoms with Crippen LogP contribution in [0.1, 0.15) is 44.0 Å². The molecular weight excluding hydrogens is 450 g/mol. The molecule has 0 radical (unpaired) electrons. The summed E-state index contributed by atoms with van der Waals surface area (Å²) >= 11 is 0. The molecule has 10 heteroatoms. The molecule has 10 nitrogen and oxygen atoms in total. The molecule has 2 atom stereocenters. The Bertz CT molecular complexity index is 1270. The van der Waals surface area contributed by atoms with E-state index >= 15 is 0 Å². The molecule has 1 unspecified atom stereocenters. The van der Waals surface area contributed by atoms with Crippen LogP contribution in [0.15, 0.2) is 41.8 Å². The van der Waals surface area contributed by atoms with Gasteiger partial charge < -0.3 is 29.2 Å². The van der Waals surface area contributed by atoms with Crippen LogP contribution in [0.4, 0.5) is 0 Å². The number of nitrogens with zero attached hydrogens (tertiary/aromatic N) is 3. The minimum atomic E-state index is -0.761. The van der Waals surface area contributed by atoms with Gasteiger partial charge in [-0.2, -0.15) is 0 Å². The number of imidazole rings is 1. The van der Waals surface area contributed by atoms with E-state index in [1.807, 2.05) is 36.1 Å². The third-order valence-corrected chi connectivity index (χ3v) is 6.39. The van der Waals surface area contributed by atoms with E-state index in [4.69, 9.17) is 9.47 Å². The van der Waals surface area contributed by atoms with Crippen molar-refractivity contribution < 1.29 is 19.1 Å². The van der Waals surface area contributed by atoms with Crippen LogP contribution >= 0.6 is 0 Å². The van der Waals surface area contributed by atoms with E-state index in [9.17, 15) is 14.4 Å². The zero-order valence-corrected chi connectivity index (χ0v) is 20.2. The molecule has 0 aliphatic carbocycles. The molecule has 2 aromatic heterocycles. The Balaban J connectivity index is 1.52. The van der Waals surface area contributed by atoms with Gasteiger partial charge in [0, 0.05) is 44.3 Å². The van der Waals surface area contributed by atoms with E-state index in [-0.39, 0.29) is 24.2 Å². The number of benzene rings is 1. The second kappa shape index (κ2) is 10.6. The highest BCUT2D eigenvalue weighted by Gasteiger charge is 2.28. The average Bonchev–Trinajstić information content (AvgIpc) is 3.55. The normalized spacial score (nSPS) is 14.0. The lowest BCUT2D eigenvalue weighted by atomic mass is 9.97. The number of hydrogen-bond donors (Lipinski definition) is 2. The maximum atomic E-state index is 13.3. The Hall–Kier alpha value is -3.82. The van der Waals surface area contributed by atoms with Crippen molar-refractivity contribution in [3.63, 3.8) is 0 Å². The Labute approximate surface area is 203 Å². The summed E-state index contributed by atoms with van der Waals surface area (Å²) in [5.74, 6) is 0.0874. The van der Waals surface area contributed by atoms with Crippen molar-refractivity contribution in [2.75, 3.05) is 13.3 Å². The number of fused-ring (bicyclic) bond motifs is 2. The molecule has 1 aromatic carbocycles. The molecule has 186 valence electrons. The maximum Gasteiger partial charge on any atom is 0.257 e. The fourth-order valence-corrected chi connectivity index (χ4v) is 4.13. The van der Waals surface area contributed by atoms with Gasteiger partial charge in [0.1, 0.15) is 11.6 Å². The van der Waals surface area contributed by atoms with Crippen molar-refractivity contribution >= 4 is 22.7 Å². The summed E-state index contributed by atoms with van der Waals surface area (Å²) in [6, 6.07) is 2.61. The van der Waals surface area contributed by atoms with Crippen molar-refractivity contribution in [2.45, 2.75) is 52.7 Å². The minimum Gasteiger partial charge on any atom is -0.454 e. The van der Waals surface area contributed by atoms with Crippen LogP contribution in [-0.2, 0) is 17.9 Å². The molecule has 35 heavy (non-hydrogen) atoms. The average molecular weight is 482 g/mol. The number of pyridine rings is 1. The number of aromatic nitrogens is 3. The third kappa shape index (κ3) is 5.16. The number of rotatable bonds is 10. The second-order valence-corrected chi connectivity index (χ2v) is 8.66. The van der Waals surface area contributed by atoms with Crippen molar-refractivity contribution in [3.8, 4) is 11.5 Å². The number of ether oxygens (including phenoxy) is 2. The zero-order valence-electron chi connectivity index (χ0n) is 20.2. The topological polar surface area (TPSA) is 116 Å². The second-order valence-electron chi connectivity index (χ2n) is 8.66. The number of amides is 2. The van der Waals surface area contributed by atoms with Gasteiger partial charge in [0.25, 0.3) is 5.91 Å². The summed E-state index contributed by atoms with van der Waals surface area (Å²) in [5, 5.41) is 6.09. The molecular formula is C25H31N5O5. The third-order valence-electron chi connectivity index (χ3n) is 6.39. The zero-order chi connectivity index (χ0) is 24.9. The first-order valence-electron chi connectivity index (χ1n) is 11.9. The number of nitrogens with one attached hydrogen (secondary N) is 2. The van der Waals surface area contributed by atoms with Gasteiger partial charge in [0.2, 0.25) is 18.1 Å². The summed E-state index contributed by atoms with van der Waals surface area (Å²) in [6.07, 6.45) is 8.26.